The molecule has 0 fully saturated rings. The first-order valence-corrected chi connectivity index (χ1v) is 6.00. The van der Waals surface area contributed by atoms with E-state index < -0.39 is 23.4 Å². The highest BCUT2D eigenvalue weighted by Gasteiger charge is 2.23. The molecule has 1 rings (SSSR count). The van der Waals surface area contributed by atoms with Crippen molar-refractivity contribution in [2.24, 2.45) is 5.73 Å². The zero-order valence-electron chi connectivity index (χ0n) is 10.7. The number of nitrogens with two attached hydrogens (primary N) is 1. The SMILES string of the molecule is CC(C)(C)OC(=O)[C@@H](N)Cc1cccc(Cl)c1F. The number of carbonyl (C=O) groups excluding carboxylic acids is 1. The van der Waals surface area contributed by atoms with Gasteiger partial charge in [-0.3, -0.25) is 4.79 Å². The van der Waals surface area contributed by atoms with Crippen LogP contribution >= 0.6 is 11.6 Å². The fourth-order valence-electron chi connectivity index (χ4n) is 1.40. The van der Waals surface area contributed by atoms with Gasteiger partial charge in [-0.2, -0.15) is 0 Å². The lowest BCUT2D eigenvalue weighted by Crippen LogP contribution is -2.39. The summed E-state index contributed by atoms with van der Waals surface area (Å²) in [6, 6.07) is 3.70. The van der Waals surface area contributed by atoms with E-state index in [-0.39, 0.29) is 11.4 Å². The fraction of sp³-hybridized carbons (Fsp3) is 0.462. The van der Waals surface area contributed by atoms with E-state index in [1.54, 1.807) is 32.9 Å². The van der Waals surface area contributed by atoms with Crippen molar-refractivity contribution < 1.29 is 13.9 Å². The van der Waals surface area contributed by atoms with Gasteiger partial charge in [-0.15, -0.1) is 0 Å². The van der Waals surface area contributed by atoms with Crippen LogP contribution in [0.5, 0.6) is 0 Å². The number of rotatable bonds is 3. The number of halogens is 2. The van der Waals surface area contributed by atoms with E-state index in [9.17, 15) is 9.18 Å². The summed E-state index contributed by atoms with van der Waals surface area (Å²) in [6.45, 7) is 5.24. The molecule has 0 spiro atoms. The molecular formula is C13H17ClFNO2. The predicted molar refractivity (Wildman–Crippen MR) is 68.9 cm³/mol. The summed E-state index contributed by atoms with van der Waals surface area (Å²) >= 11 is 5.65. The number of esters is 1. The van der Waals surface area contributed by atoms with Crippen LogP contribution in [0.25, 0.3) is 0 Å². The van der Waals surface area contributed by atoms with E-state index >= 15 is 0 Å². The quantitative estimate of drug-likeness (QED) is 0.862. The largest absolute Gasteiger partial charge is 0.459 e. The van der Waals surface area contributed by atoms with Crippen LogP contribution in [0, 0.1) is 5.82 Å². The lowest BCUT2D eigenvalue weighted by Gasteiger charge is -2.22. The summed E-state index contributed by atoms with van der Waals surface area (Å²) in [4.78, 5) is 11.7. The first kappa shape index (κ1) is 14.9. The molecule has 1 atom stereocenters. The lowest BCUT2D eigenvalue weighted by molar-refractivity contribution is -0.156. The molecule has 2 N–H and O–H groups in total. The van der Waals surface area contributed by atoms with Crippen molar-refractivity contribution in [3.05, 3.63) is 34.6 Å². The Bertz CT molecular complexity index is 443. The Balaban J connectivity index is 2.73. The molecule has 0 heterocycles. The smallest absolute Gasteiger partial charge is 0.323 e. The van der Waals surface area contributed by atoms with E-state index in [0.717, 1.165) is 0 Å². The first-order chi connectivity index (χ1) is 8.20. The van der Waals surface area contributed by atoms with Gasteiger partial charge in [-0.25, -0.2) is 4.39 Å². The second-order valence-electron chi connectivity index (χ2n) is 5.06. The molecule has 3 nitrogen and oxygen atoms in total. The molecule has 0 aromatic heterocycles. The van der Waals surface area contributed by atoms with Crippen LogP contribution in [-0.4, -0.2) is 17.6 Å². The summed E-state index contributed by atoms with van der Waals surface area (Å²) in [5.74, 6) is -1.10. The highest BCUT2D eigenvalue weighted by Crippen LogP contribution is 2.19. The van der Waals surface area contributed by atoms with Crippen LogP contribution < -0.4 is 5.73 Å². The fourth-order valence-corrected chi connectivity index (χ4v) is 1.60. The molecule has 0 amide bonds. The third-order valence-corrected chi connectivity index (χ3v) is 2.47. The van der Waals surface area contributed by atoms with E-state index in [2.05, 4.69) is 0 Å². The van der Waals surface area contributed by atoms with Crippen LogP contribution in [0.3, 0.4) is 0 Å². The van der Waals surface area contributed by atoms with Gasteiger partial charge in [0.1, 0.15) is 17.5 Å². The zero-order chi connectivity index (χ0) is 13.9. The number of ether oxygens (including phenoxy) is 1. The summed E-state index contributed by atoms with van der Waals surface area (Å²) < 4.78 is 18.7. The van der Waals surface area contributed by atoms with Crippen LogP contribution in [0.4, 0.5) is 4.39 Å². The molecule has 0 saturated heterocycles. The lowest BCUT2D eigenvalue weighted by atomic mass is 10.1. The van der Waals surface area contributed by atoms with E-state index in [0.29, 0.717) is 5.56 Å². The van der Waals surface area contributed by atoms with E-state index in [1.807, 2.05) is 0 Å². The first-order valence-electron chi connectivity index (χ1n) is 5.62. The van der Waals surface area contributed by atoms with Crippen molar-refractivity contribution in [3.63, 3.8) is 0 Å². The van der Waals surface area contributed by atoms with Gasteiger partial charge in [-0.1, -0.05) is 23.7 Å². The molecule has 0 unspecified atom stereocenters. The minimum atomic E-state index is -0.905. The van der Waals surface area contributed by atoms with E-state index in [1.165, 1.54) is 6.07 Å². The maximum atomic E-state index is 13.6. The van der Waals surface area contributed by atoms with Crippen LogP contribution in [0.1, 0.15) is 26.3 Å². The van der Waals surface area contributed by atoms with Gasteiger partial charge in [0, 0.05) is 6.42 Å². The van der Waals surface area contributed by atoms with Crippen LogP contribution in [0.15, 0.2) is 18.2 Å². The van der Waals surface area contributed by atoms with Gasteiger partial charge < -0.3 is 10.5 Å². The van der Waals surface area contributed by atoms with Gasteiger partial charge in [0.25, 0.3) is 0 Å². The third-order valence-electron chi connectivity index (χ3n) is 2.18. The maximum absolute atomic E-state index is 13.6. The molecule has 0 aliphatic heterocycles. The summed E-state index contributed by atoms with van der Waals surface area (Å²) in [6.07, 6.45) is 0.0569. The number of carbonyl (C=O) groups is 1. The number of hydrogen-bond donors (Lipinski definition) is 1. The van der Waals surface area contributed by atoms with Crippen molar-refractivity contribution in [1.82, 2.24) is 0 Å². The molecule has 0 radical (unpaired) electrons. The van der Waals surface area contributed by atoms with Gasteiger partial charge in [0.15, 0.2) is 0 Å². The zero-order valence-corrected chi connectivity index (χ0v) is 11.4. The Kier molecular flexibility index (Phi) is 4.71. The Morgan fingerprint density at radius 2 is 2.11 bits per heavy atom. The molecule has 100 valence electrons. The average molecular weight is 274 g/mol. The maximum Gasteiger partial charge on any atom is 0.323 e. The minimum Gasteiger partial charge on any atom is -0.459 e. The Morgan fingerprint density at radius 1 is 1.50 bits per heavy atom. The summed E-state index contributed by atoms with van der Waals surface area (Å²) in [7, 11) is 0. The highest BCUT2D eigenvalue weighted by atomic mass is 35.5. The standard InChI is InChI=1S/C13H17ClFNO2/c1-13(2,3)18-12(17)10(16)7-8-5-4-6-9(14)11(8)15/h4-6,10H,7,16H2,1-3H3/t10-/m0/s1. The van der Waals surface area contributed by atoms with Crippen molar-refractivity contribution in [2.75, 3.05) is 0 Å². The molecular weight excluding hydrogens is 257 g/mol. The van der Waals surface area contributed by atoms with Gasteiger partial charge in [-0.05, 0) is 32.4 Å². The topological polar surface area (TPSA) is 52.3 Å². The summed E-state index contributed by atoms with van der Waals surface area (Å²) in [5.41, 5.74) is 5.39. The van der Waals surface area contributed by atoms with Crippen molar-refractivity contribution in [3.8, 4) is 0 Å². The van der Waals surface area contributed by atoms with Gasteiger partial charge in [0.2, 0.25) is 0 Å². The minimum absolute atomic E-state index is 0.0175. The van der Waals surface area contributed by atoms with Crippen LogP contribution in [0.2, 0.25) is 5.02 Å². The Labute approximate surface area is 111 Å². The molecule has 1 aromatic carbocycles. The average Bonchev–Trinajstić information content (AvgIpc) is 2.22. The monoisotopic (exact) mass is 273 g/mol. The molecule has 0 aliphatic rings. The Morgan fingerprint density at radius 3 is 2.67 bits per heavy atom. The molecule has 5 heteroatoms. The molecule has 0 bridgehead atoms. The summed E-state index contributed by atoms with van der Waals surface area (Å²) in [5, 5.41) is 0.0175. The predicted octanol–water partition coefficient (Wildman–Crippen LogP) is 2.69. The van der Waals surface area contributed by atoms with Gasteiger partial charge >= 0.3 is 5.97 Å². The number of hydrogen-bond acceptors (Lipinski definition) is 3. The second kappa shape index (κ2) is 5.67. The van der Waals surface area contributed by atoms with Crippen molar-refractivity contribution >= 4 is 17.6 Å². The second-order valence-corrected chi connectivity index (χ2v) is 5.46. The molecule has 0 saturated carbocycles. The molecule has 1 aromatic rings. The van der Waals surface area contributed by atoms with E-state index in [4.69, 9.17) is 22.1 Å². The number of benzene rings is 1. The van der Waals surface area contributed by atoms with Crippen LogP contribution in [-0.2, 0) is 16.0 Å². The third kappa shape index (κ3) is 4.27. The van der Waals surface area contributed by atoms with Crippen molar-refractivity contribution in [2.45, 2.75) is 38.8 Å². The molecule has 18 heavy (non-hydrogen) atoms. The van der Waals surface area contributed by atoms with Gasteiger partial charge in [0.05, 0.1) is 5.02 Å². The Hall–Kier alpha value is -1.13. The normalized spacial score (nSPS) is 13.2. The van der Waals surface area contributed by atoms with Crippen molar-refractivity contribution in [1.29, 1.82) is 0 Å². The highest BCUT2D eigenvalue weighted by molar-refractivity contribution is 6.30. The molecule has 0 aliphatic carbocycles.